The molecule has 2 aliphatic carbocycles. The van der Waals surface area contributed by atoms with Gasteiger partial charge in [0.2, 0.25) is 5.91 Å². The van der Waals surface area contributed by atoms with Crippen molar-refractivity contribution in [2.45, 2.75) is 51.5 Å². The summed E-state index contributed by atoms with van der Waals surface area (Å²) in [4.78, 5) is 36.8. The van der Waals surface area contributed by atoms with Crippen LogP contribution in [0.2, 0.25) is 0 Å². The van der Waals surface area contributed by atoms with E-state index in [2.05, 4.69) is 34.9 Å². The fraction of sp³-hybridized carbons (Fsp3) is 0.464. The van der Waals surface area contributed by atoms with Crippen LogP contribution < -0.4 is 10.6 Å². The van der Waals surface area contributed by atoms with Gasteiger partial charge in [0.25, 0.3) is 0 Å². The third kappa shape index (κ3) is 5.66. The average Bonchev–Trinajstić information content (AvgIpc) is 3.16. The van der Waals surface area contributed by atoms with Crippen LogP contribution in [0.1, 0.15) is 56.6 Å². The van der Waals surface area contributed by atoms with E-state index >= 15 is 0 Å². The fourth-order valence-electron chi connectivity index (χ4n) is 5.33. The van der Waals surface area contributed by atoms with Crippen LogP contribution in [-0.2, 0) is 14.3 Å². The Labute approximate surface area is 206 Å². The standard InChI is InChI=1S/C28H34N2O5/c1-17(2)24(26(31)30-19-9-7-8-18(14-19)27(32)33)15-29-28(34)35-16-25-22-12-5-3-10-20(22)21-11-4-6-13-23(21)25/h3-6,10-13,17-19,24-25H,7-9,14-16H2,1-2H3,(H,29,34)(H,30,31)(H,32,33). The monoisotopic (exact) mass is 478 g/mol. The molecule has 2 aromatic carbocycles. The van der Waals surface area contributed by atoms with Gasteiger partial charge >= 0.3 is 12.1 Å². The van der Waals surface area contributed by atoms with E-state index in [4.69, 9.17) is 4.74 Å². The van der Waals surface area contributed by atoms with Gasteiger partial charge in [-0.15, -0.1) is 0 Å². The van der Waals surface area contributed by atoms with Crippen molar-refractivity contribution in [1.82, 2.24) is 10.6 Å². The van der Waals surface area contributed by atoms with E-state index in [0.717, 1.165) is 24.0 Å². The maximum absolute atomic E-state index is 12.9. The molecule has 1 fully saturated rings. The van der Waals surface area contributed by atoms with Gasteiger partial charge in [0, 0.05) is 18.5 Å². The summed E-state index contributed by atoms with van der Waals surface area (Å²) in [5, 5.41) is 15.1. The minimum absolute atomic E-state index is 0.00254. The molecule has 0 heterocycles. The largest absolute Gasteiger partial charge is 0.481 e. The number of nitrogens with one attached hydrogen (secondary N) is 2. The maximum atomic E-state index is 12.9. The number of aliphatic carboxylic acids is 1. The van der Waals surface area contributed by atoms with E-state index in [1.54, 1.807) is 0 Å². The predicted octanol–water partition coefficient (Wildman–Crippen LogP) is 4.56. The van der Waals surface area contributed by atoms with Crippen LogP contribution in [0.4, 0.5) is 4.79 Å². The third-order valence-electron chi connectivity index (χ3n) is 7.32. The van der Waals surface area contributed by atoms with E-state index in [0.29, 0.717) is 12.8 Å². The number of rotatable bonds is 8. The molecule has 2 aliphatic rings. The lowest BCUT2D eigenvalue weighted by Crippen LogP contribution is -2.47. The van der Waals surface area contributed by atoms with Crippen molar-refractivity contribution in [3.8, 4) is 11.1 Å². The first-order valence-corrected chi connectivity index (χ1v) is 12.5. The second-order valence-electron chi connectivity index (χ2n) is 9.96. The molecule has 3 unspecified atom stereocenters. The van der Waals surface area contributed by atoms with Crippen molar-refractivity contribution in [3.05, 3.63) is 59.7 Å². The second-order valence-corrected chi connectivity index (χ2v) is 9.96. The zero-order valence-electron chi connectivity index (χ0n) is 20.3. The minimum Gasteiger partial charge on any atom is -0.481 e. The number of amides is 2. The van der Waals surface area contributed by atoms with Gasteiger partial charge in [-0.1, -0.05) is 68.8 Å². The van der Waals surface area contributed by atoms with Gasteiger partial charge in [-0.25, -0.2) is 4.79 Å². The highest BCUT2D eigenvalue weighted by Gasteiger charge is 2.32. The van der Waals surface area contributed by atoms with Crippen LogP contribution in [-0.4, -0.2) is 42.3 Å². The first-order valence-electron chi connectivity index (χ1n) is 12.5. The van der Waals surface area contributed by atoms with E-state index in [1.807, 2.05) is 38.1 Å². The topological polar surface area (TPSA) is 105 Å². The second kappa shape index (κ2) is 10.9. The quantitative estimate of drug-likeness (QED) is 0.516. The number of fused-ring (bicyclic) bond motifs is 3. The molecule has 7 heteroatoms. The van der Waals surface area contributed by atoms with Crippen LogP contribution in [0.15, 0.2) is 48.5 Å². The molecule has 0 saturated heterocycles. The van der Waals surface area contributed by atoms with Crippen molar-refractivity contribution >= 4 is 18.0 Å². The summed E-state index contributed by atoms with van der Waals surface area (Å²) in [6.45, 7) is 4.25. The van der Waals surface area contributed by atoms with Gasteiger partial charge in [-0.05, 0) is 47.4 Å². The number of carbonyl (C=O) groups excluding carboxylic acids is 2. The molecule has 0 aromatic heterocycles. The van der Waals surface area contributed by atoms with E-state index in [9.17, 15) is 19.5 Å². The lowest BCUT2D eigenvalue weighted by atomic mass is 9.85. The SMILES string of the molecule is CC(C)C(CNC(=O)OCC1c2ccccc2-c2ccccc21)C(=O)NC1CCCC(C(=O)O)C1. The molecule has 3 N–H and O–H groups in total. The molecule has 0 radical (unpaired) electrons. The first kappa shape index (κ1) is 24.8. The van der Waals surface area contributed by atoms with E-state index in [-0.39, 0.29) is 36.9 Å². The Kier molecular flexibility index (Phi) is 7.73. The molecule has 2 amide bonds. The molecule has 35 heavy (non-hydrogen) atoms. The summed E-state index contributed by atoms with van der Waals surface area (Å²) in [6.07, 6.45) is 2.12. The van der Waals surface area contributed by atoms with Crippen molar-refractivity contribution in [3.63, 3.8) is 0 Å². The zero-order valence-corrected chi connectivity index (χ0v) is 20.3. The number of hydrogen-bond acceptors (Lipinski definition) is 4. The summed E-state index contributed by atoms with van der Waals surface area (Å²) in [7, 11) is 0. The molecule has 7 nitrogen and oxygen atoms in total. The zero-order chi connectivity index (χ0) is 24.9. The van der Waals surface area contributed by atoms with Gasteiger partial charge in [0.15, 0.2) is 0 Å². The summed E-state index contributed by atoms with van der Waals surface area (Å²) < 4.78 is 5.59. The Morgan fingerprint density at radius 2 is 1.63 bits per heavy atom. The Balaban J connectivity index is 1.31. The highest BCUT2D eigenvalue weighted by Crippen LogP contribution is 2.44. The molecule has 0 bridgehead atoms. The van der Waals surface area contributed by atoms with Gasteiger partial charge in [-0.3, -0.25) is 9.59 Å². The summed E-state index contributed by atoms with van der Waals surface area (Å²) in [6, 6.07) is 16.2. The lowest BCUT2D eigenvalue weighted by Gasteiger charge is -2.30. The minimum atomic E-state index is -0.804. The van der Waals surface area contributed by atoms with Crippen molar-refractivity contribution < 1.29 is 24.2 Å². The van der Waals surface area contributed by atoms with Crippen LogP contribution in [0.3, 0.4) is 0 Å². The third-order valence-corrected chi connectivity index (χ3v) is 7.32. The summed E-state index contributed by atoms with van der Waals surface area (Å²) in [5.74, 6) is -1.82. The Hall–Kier alpha value is -3.35. The van der Waals surface area contributed by atoms with E-state index in [1.165, 1.54) is 11.1 Å². The van der Waals surface area contributed by atoms with Crippen LogP contribution in [0.25, 0.3) is 11.1 Å². The van der Waals surface area contributed by atoms with Gasteiger partial charge in [-0.2, -0.15) is 0 Å². The number of alkyl carbamates (subject to hydrolysis) is 1. The molecule has 0 spiro atoms. The molecule has 2 aromatic rings. The number of benzene rings is 2. The lowest BCUT2D eigenvalue weighted by molar-refractivity contribution is -0.143. The van der Waals surface area contributed by atoms with Crippen molar-refractivity contribution in [2.24, 2.45) is 17.8 Å². The molecule has 186 valence electrons. The highest BCUT2D eigenvalue weighted by atomic mass is 16.5. The predicted molar refractivity (Wildman–Crippen MR) is 133 cm³/mol. The van der Waals surface area contributed by atoms with Crippen LogP contribution in [0.5, 0.6) is 0 Å². The van der Waals surface area contributed by atoms with Gasteiger partial charge in [0.1, 0.15) is 6.61 Å². The Bertz CT molecular complexity index is 1040. The number of carboxylic acid groups (broad SMARTS) is 1. The number of carboxylic acids is 1. The number of ether oxygens (including phenoxy) is 1. The molecule has 4 rings (SSSR count). The number of carbonyl (C=O) groups is 3. The van der Waals surface area contributed by atoms with Gasteiger partial charge < -0.3 is 20.5 Å². The highest BCUT2D eigenvalue weighted by molar-refractivity contribution is 5.81. The van der Waals surface area contributed by atoms with Crippen molar-refractivity contribution in [2.75, 3.05) is 13.2 Å². The smallest absolute Gasteiger partial charge is 0.407 e. The Morgan fingerprint density at radius 3 is 2.23 bits per heavy atom. The first-order chi connectivity index (χ1) is 16.8. The molecule has 0 aliphatic heterocycles. The Morgan fingerprint density at radius 1 is 1.00 bits per heavy atom. The van der Waals surface area contributed by atoms with Crippen molar-refractivity contribution in [1.29, 1.82) is 0 Å². The average molecular weight is 479 g/mol. The molecule has 3 atom stereocenters. The van der Waals surface area contributed by atoms with Crippen LogP contribution >= 0.6 is 0 Å². The molecule has 1 saturated carbocycles. The molecular weight excluding hydrogens is 444 g/mol. The van der Waals surface area contributed by atoms with Crippen LogP contribution in [0, 0.1) is 17.8 Å². The number of hydrogen-bond donors (Lipinski definition) is 3. The van der Waals surface area contributed by atoms with Gasteiger partial charge in [0.05, 0.1) is 11.8 Å². The van der Waals surface area contributed by atoms with E-state index < -0.39 is 23.9 Å². The summed E-state index contributed by atoms with van der Waals surface area (Å²) >= 11 is 0. The fourth-order valence-corrected chi connectivity index (χ4v) is 5.33. The molecular formula is C28H34N2O5. The summed E-state index contributed by atoms with van der Waals surface area (Å²) in [5.41, 5.74) is 4.63. The normalized spacial score (nSPS) is 20.0. The maximum Gasteiger partial charge on any atom is 0.407 e.